The summed E-state index contributed by atoms with van der Waals surface area (Å²) in [5.41, 5.74) is 1.28. The van der Waals surface area contributed by atoms with E-state index in [1.165, 1.54) is 5.70 Å². The smallest absolute Gasteiger partial charge is 0.0143 e. The van der Waals surface area contributed by atoms with Crippen LogP contribution in [0.1, 0.15) is 41.0 Å². The largest absolute Gasteiger partial charge is 0.379 e. The van der Waals surface area contributed by atoms with Crippen molar-refractivity contribution in [2.45, 2.75) is 41.0 Å². The molecular formula is C13H27N. The van der Waals surface area contributed by atoms with Crippen LogP contribution in [0.4, 0.5) is 0 Å². The van der Waals surface area contributed by atoms with Crippen molar-refractivity contribution in [1.82, 2.24) is 4.90 Å². The summed E-state index contributed by atoms with van der Waals surface area (Å²) >= 11 is 0. The average molecular weight is 197 g/mol. The molecule has 0 atom stereocenters. The van der Waals surface area contributed by atoms with E-state index in [2.05, 4.69) is 53.1 Å². The second kappa shape index (κ2) is 6.10. The van der Waals surface area contributed by atoms with Gasteiger partial charge < -0.3 is 4.90 Å². The highest BCUT2D eigenvalue weighted by atomic mass is 15.1. The third kappa shape index (κ3) is 4.17. The number of allylic oxidation sites excluding steroid dienone is 1. The van der Waals surface area contributed by atoms with Crippen molar-refractivity contribution < 1.29 is 0 Å². The van der Waals surface area contributed by atoms with Gasteiger partial charge >= 0.3 is 0 Å². The van der Waals surface area contributed by atoms with Crippen molar-refractivity contribution in [1.29, 1.82) is 0 Å². The number of hydrogen-bond donors (Lipinski definition) is 0. The van der Waals surface area contributed by atoms with Gasteiger partial charge in [-0.25, -0.2) is 0 Å². The predicted molar refractivity (Wildman–Crippen MR) is 65.2 cm³/mol. The molecule has 0 unspecified atom stereocenters. The van der Waals surface area contributed by atoms with E-state index in [1.54, 1.807) is 0 Å². The molecule has 0 amide bonds. The maximum absolute atomic E-state index is 4.16. The Morgan fingerprint density at radius 3 is 1.86 bits per heavy atom. The molecule has 1 nitrogen and oxygen atoms in total. The Bertz CT molecular complexity index is 162. The topological polar surface area (TPSA) is 3.24 Å². The van der Waals surface area contributed by atoms with Crippen molar-refractivity contribution in [2.75, 3.05) is 13.6 Å². The van der Waals surface area contributed by atoms with Gasteiger partial charge in [-0.1, -0.05) is 34.3 Å². The molecule has 0 aliphatic rings. The van der Waals surface area contributed by atoms with E-state index in [0.29, 0.717) is 0 Å². The highest BCUT2D eigenvalue weighted by Gasteiger charge is 2.19. The molecule has 0 saturated heterocycles. The Morgan fingerprint density at radius 1 is 1.14 bits per heavy atom. The van der Waals surface area contributed by atoms with Crippen LogP contribution >= 0.6 is 0 Å². The lowest BCUT2D eigenvalue weighted by Crippen LogP contribution is -2.23. The molecule has 0 fully saturated rings. The van der Waals surface area contributed by atoms with Crippen LogP contribution in [-0.2, 0) is 0 Å². The lowest BCUT2D eigenvalue weighted by Gasteiger charge is -2.29. The molecule has 0 radical (unpaired) electrons. The fourth-order valence-corrected chi connectivity index (χ4v) is 1.89. The second-order valence-electron chi connectivity index (χ2n) is 4.94. The standard InChI is InChI=1S/C13H27N/c1-8-14(7)12(6)9-13(10(2)3)11(4)5/h10-11,13H,6,8-9H2,1-5,7H3. The van der Waals surface area contributed by atoms with Gasteiger partial charge in [-0.2, -0.15) is 0 Å². The molecule has 0 aromatic rings. The Kier molecular flexibility index (Phi) is 5.90. The highest BCUT2D eigenvalue weighted by Crippen LogP contribution is 2.27. The summed E-state index contributed by atoms with van der Waals surface area (Å²) in [6, 6.07) is 0. The van der Waals surface area contributed by atoms with E-state index in [9.17, 15) is 0 Å². The summed E-state index contributed by atoms with van der Waals surface area (Å²) in [5, 5.41) is 0. The Balaban J connectivity index is 4.24. The van der Waals surface area contributed by atoms with Gasteiger partial charge in [-0.3, -0.25) is 0 Å². The summed E-state index contributed by atoms with van der Waals surface area (Å²) in [7, 11) is 2.13. The van der Waals surface area contributed by atoms with Gasteiger partial charge in [-0.05, 0) is 31.1 Å². The molecule has 1 heteroatoms. The molecule has 0 aromatic carbocycles. The van der Waals surface area contributed by atoms with Crippen LogP contribution in [0, 0.1) is 17.8 Å². The van der Waals surface area contributed by atoms with Crippen LogP contribution < -0.4 is 0 Å². The zero-order valence-electron chi connectivity index (χ0n) is 10.8. The van der Waals surface area contributed by atoms with Gasteiger partial charge in [0.25, 0.3) is 0 Å². The lowest BCUT2D eigenvalue weighted by molar-refractivity contribution is 0.262. The Labute approximate surface area is 90.2 Å². The minimum atomic E-state index is 0.747. The minimum absolute atomic E-state index is 0.747. The third-order valence-electron chi connectivity index (χ3n) is 3.20. The van der Waals surface area contributed by atoms with E-state index in [-0.39, 0.29) is 0 Å². The van der Waals surface area contributed by atoms with E-state index in [1.807, 2.05) is 0 Å². The van der Waals surface area contributed by atoms with Crippen molar-refractivity contribution in [3.63, 3.8) is 0 Å². The summed E-state index contributed by atoms with van der Waals surface area (Å²) in [4.78, 5) is 2.25. The summed E-state index contributed by atoms with van der Waals surface area (Å²) < 4.78 is 0. The van der Waals surface area contributed by atoms with Crippen LogP contribution in [0.15, 0.2) is 12.3 Å². The second-order valence-corrected chi connectivity index (χ2v) is 4.94. The summed E-state index contributed by atoms with van der Waals surface area (Å²) in [5.74, 6) is 2.26. The van der Waals surface area contributed by atoms with Crippen LogP contribution in [0.3, 0.4) is 0 Å². The van der Waals surface area contributed by atoms with E-state index >= 15 is 0 Å². The van der Waals surface area contributed by atoms with Crippen molar-refractivity contribution in [2.24, 2.45) is 17.8 Å². The first kappa shape index (κ1) is 13.5. The number of hydrogen-bond acceptors (Lipinski definition) is 1. The molecule has 0 aliphatic heterocycles. The zero-order chi connectivity index (χ0) is 11.3. The Hall–Kier alpha value is -0.460. The maximum Gasteiger partial charge on any atom is 0.0143 e. The fraction of sp³-hybridized carbons (Fsp3) is 0.846. The van der Waals surface area contributed by atoms with Crippen LogP contribution in [0.25, 0.3) is 0 Å². The molecule has 0 aliphatic carbocycles. The normalized spacial score (nSPS) is 11.5. The Morgan fingerprint density at radius 2 is 1.57 bits per heavy atom. The van der Waals surface area contributed by atoms with Gasteiger partial charge in [0, 0.05) is 19.3 Å². The summed E-state index contributed by atoms with van der Waals surface area (Å²) in [6.07, 6.45) is 1.14. The quantitative estimate of drug-likeness (QED) is 0.626. The van der Waals surface area contributed by atoms with Crippen LogP contribution in [0.2, 0.25) is 0 Å². The van der Waals surface area contributed by atoms with Crippen molar-refractivity contribution in [3.8, 4) is 0 Å². The number of nitrogens with zero attached hydrogens (tertiary/aromatic N) is 1. The first-order valence-electron chi connectivity index (χ1n) is 5.79. The van der Waals surface area contributed by atoms with E-state index in [4.69, 9.17) is 0 Å². The molecule has 84 valence electrons. The van der Waals surface area contributed by atoms with Crippen molar-refractivity contribution in [3.05, 3.63) is 12.3 Å². The van der Waals surface area contributed by atoms with E-state index < -0.39 is 0 Å². The zero-order valence-corrected chi connectivity index (χ0v) is 10.8. The van der Waals surface area contributed by atoms with Gasteiger partial charge in [0.15, 0.2) is 0 Å². The maximum atomic E-state index is 4.16. The molecule has 0 saturated carbocycles. The molecule has 0 N–H and O–H groups in total. The number of rotatable bonds is 6. The molecule has 0 aromatic heterocycles. The molecule has 0 spiro atoms. The van der Waals surface area contributed by atoms with E-state index in [0.717, 1.165) is 30.7 Å². The lowest BCUT2D eigenvalue weighted by atomic mass is 9.82. The van der Waals surface area contributed by atoms with Crippen molar-refractivity contribution >= 4 is 0 Å². The third-order valence-corrected chi connectivity index (χ3v) is 3.20. The highest BCUT2D eigenvalue weighted by molar-refractivity contribution is 4.95. The first-order valence-corrected chi connectivity index (χ1v) is 5.79. The molecule has 0 rings (SSSR count). The SMILES string of the molecule is C=C(CC(C(C)C)C(C)C)N(C)CC. The fourth-order valence-electron chi connectivity index (χ4n) is 1.89. The minimum Gasteiger partial charge on any atom is -0.379 e. The van der Waals surface area contributed by atoms with Gasteiger partial charge in [0.2, 0.25) is 0 Å². The van der Waals surface area contributed by atoms with Gasteiger partial charge in [-0.15, -0.1) is 0 Å². The van der Waals surface area contributed by atoms with Crippen LogP contribution in [0.5, 0.6) is 0 Å². The monoisotopic (exact) mass is 197 g/mol. The van der Waals surface area contributed by atoms with Gasteiger partial charge in [0.1, 0.15) is 0 Å². The van der Waals surface area contributed by atoms with Crippen LogP contribution in [-0.4, -0.2) is 18.5 Å². The molecule has 0 heterocycles. The first-order chi connectivity index (χ1) is 6.40. The van der Waals surface area contributed by atoms with Gasteiger partial charge in [0.05, 0.1) is 0 Å². The average Bonchev–Trinajstić information content (AvgIpc) is 2.11. The predicted octanol–water partition coefficient (Wildman–Crippen LogP) is 3.77. The summed E-state index contributed by atoms with van der Waals surface area (Å²) in [6.45, 7) is 16.6. The molecule has 0 bridgehead atoms. The molecule has 14 heavy (non-hydrogen) atoms. The molecular weight excluding hydrogens is 170 g/mol.